The number of para-hydroxylation sites is 1. The molecule has 274 valence electrons. The lowest BCUT2D eigenvalue weighted by atomic mass is 9.97. The molecule has 0 spiro atoms. The van der Waals surface area contributed by atoms with Gasteiger partial charge in [-0.25, -0.2) is 4.79 Å². The molecule has 3 atom stereocenters. The first-order chi connectivity index (χ1) is 26.0. The van der Waals surface area contributed by atoms with Gasteiger partial charge in [0.1, 0.15) is 11.5 Å². The average molecular weight is 716 g/mol. The Bertz CT molecular complexity index is 1950. The Labute approximate surface area is 310 Å². The van der Waals surface area contributed by atoms with Crippen molar-refractivity contribution in [2.75, 3.05) is 32.6 Å². The van der Waals surface area contributed by atoms with E-state index in [1.807, 2.05) is 91.0 Å². The van der Waals surface area contributed by atoms with Crippen molar-refractivity contribution in [3.8, 4) is 23.0 Å². The first-order valence-electron chi connectivity index (χ1n) is 17.9. The van der Waals surface area contributed by atoms with E-state index in [1.165, 1.54) is 11.1 Å². The summed E-state index contributed by atoms with van der Waals surface area (Å²) in [4.78, 5) is 15.1. The van der Waals surface area contributed by atoms with Gasteiger partial charge in [-0.1, -0.05) is 66.7 Å². The SMILES string of the molecule is COc1cc2c(cc1OC)CN(CC1CC(c3ccc(CO)cc3)OC(c3ccc(CNC(=O)Nc4ccc(Oc5ccccc5)cc4)cc3)O1)CC2. The van der Waals surface area contributed by atoms with E-state index in [-0.39, 0.29) is 24.8 Å². The van der Waals surface area contributed by atoms with Crippen LogP contribution in [0, 0.1) is 0 Å². The van der Waals surface area contributed by atoms with Crippen molar-refractivity contribution < 1.29 is 33.6 Å². The van der Waals surface area contributed by atoms with Crippen LogP contribution < -0.4 is 24.8 Å². The molecule has 10 heteroatoms. The van der Waals surface area contributed by atoms with Crippen molar-refractivity contribution in [3.05, 3.63) is 149 Å². The lowest BCUT2D eigenvalue weighted by Crippen LogP contribution is -2.41. The smallest absolute Gasteiger partial charge is 0.319 e. The van der Waals surface area contributed by atoms with Crippen LogP contribution in [-0.2, 0) is 35.6 Å². The largest absolute Gasteiger partial charge is 0.493 e. The molecule has 10 nitrogen and oxygen atoms in total. The molecule has 0 aromatic heterocycles. The minimum Gasteiger partial charge on any atom is -0.493 e. The van der Waals surface area contributed by atoms with Gasteiger partial charge in [-0.2, -0.15) is 0 Å². The van der Waals surface area contributed by atoms with Gasteiger partial charge in [0.05, 0.1) is 33.0 Å². The number of hydrogen-bond donors (Lipinski definition) is 3. The van der Waals surface area contributed by atoms with Crippen LogP contribution in [-0.4, -0.2) is 49.5 Å². The summed E-state index contributed by atoms with van der Waals surface area (Å²) in [5.41, 5.74) is 6.92. The fraction of sp³-hybridized carbons (Fsp3) is 0.279. The fourth-order valence-corrected chi connectivity index (χ4v) is 6.80. The minimum atomic E-state index is -0.572. The Balaban J connectivity index is 0.976. The number of nitrogens with zero attached hydrogens (tertiary/aromatic N) is 1. The number of benzene rings is 5. The maximum Gasteiger partial charge on any atom is 0.319 e. The van der Waals surface area contributed by atoms with Crippen LogP contribution in [0.2, 0.25) is 0 Å². The van der Waals surface area contributed by atoms with Gasteiger partial charge in [0.25, 0.3) is 0 Å². The number of amides is 2. The molecule has 2 heterocycles. The quantitative estimate of drug-likeness (QED) is 0.120. The molecule has 0 bridgehead atoms. The normalized spacial score (nSPS) is 18.4. The standard InChI is InChI=1S/C43H45N3O7/c1-49-40-22-33-20-21-46(26-34(33)23-41(40)50-2)27-38-24-39(31-12-10-30(28-47)11-13-31)53-42(52-38)32-14-8-29(9-15-32)25-44-43(48)45-35-16-18-37(19-17-35)51-36-6-4-3-5-7-36/h3-19,22-23,38-39,42,47H,20-21,24-28H2,1-2H3,(H2,44,45,48). The molecule has 53 heavy (non-hydrogen) atoms. The van der Waals surface area contributed by atoms with Gasteiger partial charge in [0.15, 0.2) is 17.8 Å². The zero-order valence-electron chi connectivity index (χ0n) is 30.0. The van der Waals surface area contributed by atoms with E-state index >= 15 is 0 Å². The third kappa shape index (κ3) is 9.16. The summed E-state index contributed by atoms with van der Waals surface area (Å²) in [6.07, 6.45) is 0.776. The van der Waals surface area contributed by atoms with Crippen LogP contribution >= 0.6 is 0 Å². The summed E-state index contributed by atoms with van der Waals surface area (Å²) in [6, 6.07) is 36.5. The Hall–Kier alpha value is -5.39. The number of aliphatic hydroxyl groups excluding tert-OH is 1. The number of anilines is 1. The highest BCUT2D eigenvalue weighted by Gasteiger charge is 2.34. The molecule has 3 unspecified atom stereocenters. The first kappa shape index (κ1) is 36.0. The van der Waals surface area contributed by atoms with Crippen molar-refractivity contribution in [3.63, 3.8) is 0 Å². The molecule has 1 fully saturated rings. The number of carbonyl (C=O) groups is 1. The molecular formula is C43H45N3O7. The van der Waals surface area contributed by atoms with Crippen molar-refractivity contribution in [1.82, 2.24) is 10.2 Å². The molecule has 5 aromatic rings. The lowest BCUT2D eigenvalue weighted by molar-refractivity contribution is -0.253. The van der Waals surface area contributed by atoms with Gasteiger partial charge in [-0.3, -0.25) is 4.90 Å². The number of methoxy groups -OCH3 is 2. The van der Waals surface area contributed by atoms with Crippen LogP contribution in [0.15, 0.2) is 115 Å². The lowest BCUT2D eigenvalue weighted by Gasteiger charge is -2.39. The zero-order valence-corrected chi connectivity index (χ0v) is 30.0. The summed E-state index contributed by atoms with van der Waals surface area (Å²) in [5.74, 6) is 2.93. The molecule has 0 saturated carbocycles. The Kier molecular flexibility index (Phi) is 11.5. The highest BCUT2D eigenvalue weighted by atomic mass is 16.7. The first-order valence-corrected chi connectivity index (χ1v) is 17.9. The highest BCUT2D eigenvalue weighted by molar-refractivity contribution is 5.89. The van der Waals surface area contributed by atoms with Gasteiger partial charge in [0, 0.05) is 43.9 Å². The molecule has 7 rings (SSSR count). The zero-order chi connectivity index (χ0) is 36.6. The van der Waals surface area contributed by atoms with Gasteiger partial charge < -0.3 is 39.4 Å². The summed E-state index contributed by atoms with van der Waals surface area (Å²) < 4.78 is 30.2. The maximum atomic E-state index is 12.7. The third-order valence-electron chi connectivity index (χ3n) is 9.67. The van der Waals surface area contributed by atoms with E-state index in [2.05, 4.69) is 27.7 Å². The molecule has 2 aliphatic rings. The number of ether oxygens (including phenoxy) is 5. The second kappa shape index (κ2) is 17.0. The monoisotopic (exact) mass is 715 g/mol. The molecule has 2 amide bonds. The van der Waals surface area contributed by atoms with Gasteiger partial charge in [-0.05, 0) is 82.8 Å². The number of aliphatic hydroxyl groups is 1. The van der Waals surface area contributed by atoms with Gasteiger partial charge >= 0.3 is 6.03 Å². The Morgan fingerprint density at radius 1 is 0.792 bits per heavy atom. The number of carbonyl (C=O) groups excluding carboxylic acids is 1. The van der Waals surface area contributed by atoms with E-state index in [4.69, 9.17) is 23.7 Å². The summed E-state index contributed by atoms with van der Waals surface area (Å²) >= 11 is 0. The Morgan fingerprint density at radius 2 is 1.45 bits per heavy atom. The van der Waals surface area contributed by atoms with Crippen LogP contribution in [0.25, 0.3) is 0 Å². The van der Waals surface area contributed by atoms with E-state index in [0.717, 1.165) is 65.6 Å². The average Bonchev–Trinajstić information content (AvgIpc) is 3.20. The van der Waals surface area contributed by atoms with E-state index < -0.39 is 6.29 Å². The fourth-order valence-electron chi connectivity index (χ4n) is 6.80. The Morgan fingerprint density at radius 3 is 2.15 bits per heavy atom. The summed E-state index contributed by atoms with van der Waals surface area (Å²) in [5, 5.41) is 15.4. The van der Waals surface area contributed by atoms with Gasteiger partial charge in [-0.15, -0.1) is 0 Å². The van der Waals surface area contributed by atoms with Crippen molar-refractivity contribution in [2.24, 2.45) is 0 Å². The van der Waals surface area contributed by atoms with E-state index in [0.29, 0.717) is 24.4 Å². The van der Waals surface area contributed by atoms with Gasteiger partial charge in [0.2, 0.25) is 0 Å². The minimum absolute atomic E-state index is 0.00611. The van der Waals surface area contributed by atoms with Crippen LogP contribution in [0.5, 0.6) is 23.0 Å². The molecule has 1 saturated heterocycles. The molecule has 0 radical (unpaired) electrons. The maximum absolute atomic E-state index is 12.7. The highest BCUT2D eigenvalue weighted by Crippen LogP contribution is 2.39. The second-order valence-electron chi connectivity index (χ2n) is 13.3. The number of urea groups is 1. The summed E-state index contributed by atoms with van der Waals surface area (Å²) in [7, 11) is 3.33. The molecule has 2 aliphatic heterocycles. The number of rotatable bonds is 12. The topological polar surface area (TPSA) is 111 Å². The molecule has 3 N–H and O–H groups in total. The van der Waals surface area contributed by atoms with Crippen LogP contribution in [0.1, 0.15) is 52.2 Å². The number of hydrogen-bond acceptors (Lipinski definition) is 8. The predicted octanol–water partition coefficient (Wildman–Crippen LogP) is 7.91. The van der Waals surface area contributed by atoms with Crippen molar-refractivity contribution >= 4 is 11.7 Å². The molecule has 5 aromatic carbocycles. The second-order valence-corrected chi connectivity index (χ2v) is 13.3. The number of fused-ring (bicyclic) bond motifs is 1. The predicted molar refractivity (Wildman–Crippen MR) is 202 cm³/mol. The molecule has 0 aliphatic carbocycles. The third-order valence-corrected chi connectivity index (χ3v) is 9.67. The van der Waals surface area contributed by atoms with Crippen molar-refractivity contribution in [1.29, 1.82) is 0 Å². The molecular weight excluding hydrogens is 670 g/mol. The van der Waals surface area contributed by atoms with E-state index in [9.17, 15) is 9.90 Å². The van der Waals surface area contributed by atoms with E-state index in [1.54, 1.807) is 26.4 Å². The van der Waals surface area contributed by atoms with Crippen LogP contribution in [0.4, 0.5) is 10.5 Å². The number of nitrogens with one attached hydrogen (secondary N) is 2. The van der Waals surface area contributed by atoms with Crippen LogP contribution in [0.3, 0.4) is 0 Å². The summed E-state index contributed by atoms with van der Waals surface area (Å²) in [6.45, 7) is 2.79. The van der Waals surface area contributed by atoms with Crippen molar-refractivity contribution in [2.45, 2.75) is 51.0 Å².